The predicted octanol–water partition coefficient (Wildman–Crippen LogP) is 1.35. The average Bonchev–Trinajstić information content (AvgIpc) is 3.07. The number of carbonyl (C=O) groups excluding carboxylic acids is 1. The summed E-state index contributed by atoms with van der Waals surface area (Å²) in [4.78, 5) is 15.7. The van der Waals surface area contributed by atoms with Crippen LogP contribution in [0.2, 0.25) is 0 Å². The number of aliphatic hydroxyl groups is 1. The number of aliphatic hydroxyl groups excluding tert-OH is 1. The summed E-state index contributed by atoms with van der Waals surface area (Å²) >= 11 is 3.22. The van der Waals surface area contributed by atoms with Gasteiger partial charge in [-0.15, -0.1) is 0 Å². The summed E-state index contributed by atoms with van der Waals surface area (Å²) < 4.78 is 0.642. The highest BCUT2D eigenvalue weighted by Crippen LogP contribution is 2.44. The van der Waals surface area contributed by atoms with Gasteiger partial charge in [0, 0.05) is 23.7 Å². The Labute approximate surface area is 102 Å². The fraction of sp³-hybridized carbons (Fsp3) is 0.455. The topological polar surface area (TPSA) is 62.2 Å². The van der Waals surface area contributed by atoms with Crippen LogP contribution in [-0.2, 0) is 0 Å². The van der Waals surface area contributed by atoms with E-state index in [1.807, 2.05) is 0 Å². The standard InChI is InChI=1S/C11H13BrN2O2/c12-9-5-8(1-4-13-9)10(16)14-6-11(7-15)2-3-11/h1,4-5,15H,2-3,6-7H2,(H,14,16). The summed E-state index contributed by atoms with van der Waals surface area (Å²) in [5.41, 5.74) is 0.524. The summed E-state index contributed by atoms with van der Waals surface area (Å²) in [5.74, 6) is -0.122. The van der Waals surface area contributed by atoms with Gasteiger partial charge in [-0.25, -0.2) is 4.98 Å². The second-order valence-electron chi connectivity index (χ2n) is 4.21. The maximum atomic E-state index is 11.7. The first-order chi connectivity index (χ1) is 7.65. The molecule has 16 heavy (non-hydrogen) atoms. The molecular formula is C11H13BrN2O2. The summed E-state index contributed by atoms with van der Waals surface area (Å²) in [5, 5.41) is 11.9. The van der Waals surface area contributed by atoms with E-state index in [1.165, 1.54) is 0 Å². The zero-order chi connectivity index (χ0) is 11.6. The molecule has 1 aromatic heterocycles. The van der Waals surface area contributed by atoms with Gasteiger partial charge in [-0.3, -0.25) is 4.79 Å². The van der Waals surface area contributed by atoms with Crippen LogP contribution in [-0.4, -0.2) is 29.1 Å². The largest absolute Gasteiger partial charge is 0.396 e. The van der Waals surface area contributed by atoms with E-state index in [1.54, 1.807) is 18.3 Å². The molecule has 1 amide bonds. The predicted molar refractivity (Wildman–Crippen MR) is 63.0 cm³/mol. The molecule has 5 heteroatoms. The van der Waals surface area contributed by atoms with Crippen molar-refractivity contribution in [1.29, 1.82) is 0 Å². The van der Waals surface area contributed by atoms with Gasteiger partial charge in [0.1, 0.15) is 4.60 Å². The van der Waals surface area contributed by atoms with E-state index in [2.05, 4.69) is 26.2 Å². The van der Waals surface area contributed by atoms with Crippen molar-refractivity contribution in [3.05, 3.63) is 28.5 Å². The second-order valence-corrected chi connectivity index (χ2v) is 5.02. The van der Waals surface area contributed by atoms with E-state index >= 15 is 0 Å². The second kappa shape index (κ2) is 4.51. The quantitative estimate of drug-likeness (QED) is 0.821. The van der Waals surface area contributed by atoms with Gasteiger partial charge >= 0.3 is 0 Å². The molecule has 1 heterocycles. The minimum atomic E-state index is -0.122. The Bertz CT molecular complexity index is 405. The van der Waals surface area contributed by atoms with Crippen molar-refractivity contribution in [3.63, 3.8) is 0 Å². The molecule has 0 atom stereocenters. The number of nitrogens with one attached hydrogen (secondary N) is 1. The monoisotopic (exact) mass is 284 g/mol. The Morgan fingerprint density at radius 1 is 1.62 bits per heavy atom. The van der Waals surface area contributed by atoms with Crippen LogP contribution in [0, 0.1) is 5.41 Å². The molecule has 0 radical (unpaired) electrons. The lowest BCUT2D eigenvalue weighted by atomic mass is 10.1. The summed E-state index contributed by atoms with van der Waals surface area (Å²) in [6.45, 7) is 0.690. The lowest BCUT2D eigenvalue weighted by Crippen LogP contribution is -2.31. The van der Waals surface area contributed by atoms with E-state index < -0.39 is 0 Å². The first-order valence-corrected chi connectivity index (χ1v) is 5.95. The van der Waals surface area contributed by atoms with Gasteiger partial charge in [0.05, 0.1) is 6.61 Å². The van der Waals surface area contributed by atoms with Crippen LogP contribution in [0.4, 0.5) is 0 Å². The Morgan fingerprint density at radius 3 is 2.94 bits per heavy atom. The Balaban J connectivity index is 1.93. The van der Waals surface area contributed by atoms with Gasteiger partial charge in [0.15, 0.2) is 0 Å². The molecule has 1 aromatic rings. The van der Waals surface area contributed by atoms with Crippen molar-refractivity contribution in [2.45, 2.75) is 12.8 Å². The number of pyridine rings is 1. The summed E-state index contributed by atoms with van der Waals surface area (Å²) in [7, 11) is 0. The van der Waals surface area contributed by atoms with E-state index in [0.29, 0.717) is 16.7 Å². The van der Waals surface area contributed by atoms with Crippen LogP contribution < -0.4 is 5.32 Å². The van der Waals surface area contributed by atoms with Gasteiger partial charge in [-0.05, 0) is 40.9 Å². The third kappa shape index (κ3) is 2.59. The van der Waals surface area contributed by atoms with Crippen LogP contribution in [0.3, 0.4) is 0 Å². The van der Waals surface area contributed by atoms with E-state index in [4.69, 9.17) is 5.11 Å². The van der Waals surface area contributed by atoms with Crippen molar-refractivity contribution in [2.75, 3.05) is 13.2 Å². The van der Waals surface area contributed by atoms with Gasteiger partial charge in [0.25, 0.3) is 5.91 Å². The number of rotatable bonds is 4. The number of hydrogen-bond acceptors (Lipinski definition) is 3. The van der Waals surface area contributed by atoms with Gasteiger partial charge < -0.3 is 10.4 Å². The molecule has 0 spiro atoms. The smallest absolute Gasteiger partial charge is 0.251 e. The SMILES string of the molecule is O=C(NCC1(CO)CC1)c1ccnc(Br)c1. The highest BCUT2D eigenvalue weighted by Gasteiger charge is 2.42. The molecule has 0 aromatic carbocycles. The number of nitrogens with zero attached hydrogens (tertiary/aromatic N) is 1. The van der Waals surface area contributed by atoms with Crippen molar-refractivity contribution < 1.29 is 9.90 Å². The molecule has 1 saturated carbocycles. The normalized spacial score (nSPS) is 16.9. The molecule has 1 fully saturated rings. The number of amides is 1. The summed E-state index contributed by atoms with van der Waals surface area (Å²) in [6.07, 6.45) is 3.56. The molecule has 86 valence electrons. The average molecular weight is 285 g/mol. The molecule has 1 aliphatic rings. The number of carbonyl (C=O) groups is 1. The Hall–Kier alpha value is -0.940. The van der Waals surface area contributed by atoms with Crippen molar-refractivity contribution in [2.24, 2.45) is 5.41 Å². The highest BCUT2D eigenvalue weighted by atomic mass is 79.9. The van der Waals surface area contributed by atoms with Crippen molar-refractivity contribution in [1.82, 2.24) is 10.3 Å². The zero-order valence-electron chi connectivity index (χ0n) is 8.74. The molecular weight excluding hydrogens is 272 g/mol. The lowest BCUT2D eigenvalue weighted by Gasteiger charge is -2.12. The fourth-order valence-electron chi connectivity index (χ4n) is 1.48. The van der Waals surface area contributed by atoms with Crippen molar-refractivity contribution in [3.8, 4) is 0 Å². The molecule has 0 aliphatic heterocycles. The number of hydrogen-bond donors (Lipinski definition) is 2. The molecule has 4 nitrogen and oxygen atoms in total. The van der Waals surface area contributed by atoms with Crippen LogP contribution in [0.15, 0.2) is 22.9 Å². The summed E-state index contributed by atoms with van der Waals surface area (Å²) in [6, 6.07) is 3.34. The van der Waals surface area contributed by atoms with Gasteiger partial charge in [-0.2, -0.15) is 0 Å². The van der Waals surface area contributed by atoms with Crippen LogP contribution in [0.25, 0.3) is 0 Å². The molecule has 0 bridgehead atoms. The van der Waals surface area contributed by atoms with Gasteiger partial charge in [-0.1, -0.05) is 0 Å². The van der Waals surface area contributed by atoms with Gasteiger partial charge in [0.2, 0.25) is 0 Å². The van der Waals surface area contributed by atoms with E-state index in [9.17, 15) is 4.79 Å². The van der Waals surface area contributed by atoms with E-state index in [-0.39, 0.29) is 17.9 Å². The number of halogens is 1. The highest BCUT2D eigenvalue weighted by molar-refractivity contribution is 9.10. The lowest BCUT2D eigenvalue weighted by molar-refractivity contribution is 0.0935. The molecule has 2 N–H and O–H groups in total. The molecule has 2 rings (SSSR count). The minimum absolute atomic E-state index is 0.0556. The maximum Gasteiger partial charge on any atom is 0.251 e. The van der Waals surface area contributed by atoms with E-state index in [0.717, 1.165) is 12.8 Å². The third-order valence-electron chi connectivity index (χ3n) is 2.91. The van der Waals surface area contributed by atoms with Crippen LogP contribution in [0.5, 0.6) is 0 Å². The first-order valence-electron chi connectivity index (χ1n) is 5.16. The third-order valence-corrected chi connectivity index (χ3v) is 3.34. The number of aromatic nitrogens is 1. The first kappa shape index (κ1) is 11.5. The van der Waals surface area contributed by atoms with Crippen molar-refractivity contribution >= 4 is 21.8 Å². The molecule has 0 unspecified atom stereocenters. The Morgan fingerprint density at radius 2 is 2.38 bits per heavy atom. The Kier molecular flexibility index (Phi) is 3.25. The molecule has 1 aliphatic carbocycles. The molecule has 0 saturated heterocycles. The maximum absolute atomic E-state index is 11.7. The fourth-order valence-corrected chi connectivity index (χ4v) is 1.85. The minimum Gasteiger partial charge on any atom is -0.396 e. The van der Waals surface area contributed by atoms with Crippen LogP contribution >= 0.6 is 15.9 Å². The van der Waals surface area contributed by atoms with Crippen LogP contribution in [0.1, 0.15) is 23.2 Å². The zero-order valence-corrected chi connectivity index (χ0v) is 10.3.